The van der Waals surface area contributed by atoms with Gasteiger partial charge in [0.05, 0.1) is 18.1 Å². The summed E-state index contributed by atoms with van der Waals surface area (Å²) in [6, 6.07) is 0. The summed E-state index contributed by atoms with van der Waals surface area (Å²) in [5.41, 5.74) is 5.51. The van der Waals surface area contributed by atoms with Crippen molar-refractivity contribution in [1.82, 2.24) is 9.80 Å². The number of ether oxygens (including phenoxy) is 1. The van der Waals surface area contributed by atoms with Crippen molar-refractivity contribution in [1.29, 1.82) is 0 Å². The van der Waals surface area contributed by atoms with Crippen LogP contribution in [0, 0.1) is 5.41 Å². The molecule has 0 aromatic rings. The lowest BCUT2D eigenvalue weighted by Gasteiger charge is -2.33. The molecule has 1 fully saturated rings. The van der Waals surface area contributed by atoms with Gasteiger partial charge in [-0.3, -0.25) is 4.79 Å². The number of rotatable bonds is 10. The van der Waals surface area contributed by atoms with Gasteiger partial charge in [-0.25, -0.2) is 0 Å². The summed E-state index contributed by atoms with van der Waals surface area (Å²) in [4.78, 5) is 17.1. The van der Waals surface area contributed by atoms with Crippen molar-refractivity contribution in [3.05, 3.63) is 0 Å². The lowest BCUT2D eigenvalue weighted by atomic mass is 9.81. The van der Waals surface area contributed by atoms with Crippen LogP contribution in [0.3, 0.4) is 0 Å². The predicted octanol–water partition coefficient (Wildman–Crippen LogP) is 1.71. The molecule has 5 nitrogen and oxygen atoms in total. The number of likely N-dealkylation sites (tertiary alicyclic amines) is 1. The molecule has 0 bridgehead atoms. The van der Waals surface area contributed by atoms with E-state index in [2.05, 4.69) is 32.6 Å². The van der Waals surface area contributed by atoms with Gasteiger partial charge in [-0.15, -0.1) is 0 Å². The van der Waals surface area contributed by atoms with Crippen LogP contribution in [0.4, 0.5) is 0 Å². The fraction of sp³-hybridized carbons (Fsp3) is 0.941. The molecule has 1 amide bonds. The first-order chi connectivity index (χ1) is 10.6. The zero-order valence-corrected chi connectivity index (χ0v) is 14.9. The van der Waals surface area contributed by atoms with Crippen LogP contribution < -0.4 is 5.73 Å². The average molecular weight is 313 g/mol. The van der Waals surface area contributed by atoms with Gasteiger partial charge >= 0.3 is 0 Å². The van der Waals surface area contributed by atoms with Crippen LogP contribution in [0.5, 0.6) is 0 Å². The van der Waals surface area contributed by atoms with Crippen molar-refractivity contribution in [2.75, 3.05) is 45.9 Å². The normalized spacial score (nSPS) is 19.2. The van der Waals surface area contributed by atoms with Gasteiger partial charge in [-0.1, -0.05) is 27.7 Å². The van der Waals surface area contributed by atoms with E-state index in [1.165, 1.54) is 0 Å². The van der Waals surface area contributed by atoms with Crippen LogP contribution in [0.1, 0.15) is 47.0 Å². The highest BCUT2D eigenvalue weighted by Crippen LogP contribution is 2.29. The van der Waals surface area contributed by atoms with E-state index in [4.69, 9.17) is 10.5 Å². The molecule has 5 heteroatoms. The quantitative estimate of drug-likeness (QED) is 0.667. The van der Waals surface area contributed by atoms with Crippen LogP contribution >= 0.6 is 0 Å². The Morgan fingerprint density at radius 1 is 1.27 bits per heavy atom. The largest absolute Gasteiger partial charge is 0.375 e. The molecule has 1 rings (SSSR count). The summed E-state index contributed by atoms with van der Waals surface area (Å²) in [6.45, 7) is 14.2. The fourth-order valence-corrected chi connectivity index (χ4v) is 3.20. The summed E-state index contributed by atoms with van der Waals surface area (Å²) in [5.74, 6) is 0.217. The zero-order valence-electron chi connectivity index (χ0n) is 14.9. The highest BCUT2D eigenvalue weighted by Gasteiger charge is 2.39. The Kier molecular flexibility index (Phi) is 8.36. The Labute approximate surface area is 136 Å². The van der Waals surface area contributed by atoms with E-state index in [1.54, 1.807) is 0 Å². The van der Waals surface area contributed by atoms with E-state index in [0.717, 1.165) is 58.6 Å². The second kappa shape index (κ2) is 9.48. The summed E-state index contributed by atoms with van der Waals surface area (Å²) in [7, 11) is 0. The Balaban J connectivity index is 2.43. The number of hydrogen-bond acceptors (Lipinski definition) is 4. The number of likely N-dealkylation sites (N-methyl/N-ethyl adjacent to an activating group) is 1. The van der Waals surface area contributed by atoms with Gasteiger partial charge in [0.1, 0.15) is 0 Å². The molecule has 2 N–H and O–H groups in total. The monoisotopic (exact) mass is 313 g/mol. The maximum atomic E-state index is 12.8. The lowest BCUT2D eigenvalue weighted by Crippen LogP contribution is -2.47. The number of amides is 1. The topological polar surface area (TPSA) is 58.8 Å². The van der Waals surface area contributed by atoms with E-state index in [-0.39, 0.29) is 17.4 Å². The van der Waals surface area contributed by atoms with Crippen molar-refractivity contribution >= 4 is 5.91 Å². The molecule has 0 aliphatic carbocycles. The van der Waals surface area contributed by atoms with Crippen LogP contribution in [0.25, 0.3) is 0 Å². The second-order valence-electron chi connectivity index (χ2n) is 6.25. The highest BCUT2D eigenvalue weighted by molar-refractivity contribution is 5.83. The average Bonchev–Trinajstić information content (AvgIpc) is 3.02. The Bertz CT molecular complexity index is 320. The standard InChI is InChI=1S/C17H35N3O2/c1-5-17(6-2,14-18)16(21)20-10-9-15(13-20)22-12-11-19(7-3)8-4/h15H,5-14,18H2,1-4H3. The molecule has 1 unspecified atom stereocenters. The van der Waals surface area contributed by atoms with Gasteiger partial charge in [0, 0.05) is 26.2 Å². The van der Waals surface area contributed by atoms with Crippen molar-refractivity contribution in [2.24, 2.45) is 11.1 Å². The zero-order chi connectivity index (χ0) is 16.6. The van der Waals surface area contributed by atoms with Gasteiger partial charge < -0.3 is 20.3 Å². The third-order valence-corrected chi connectivity index (χ3v) is 5.29. The second-order valence-corrected chi connectivity index (χ2v) is 6.25. The van der Waals surface area contributed by atoms with Crippen LogP contribution in [0.15, 0.2) is 0 Å². The Morgan fingerprint density at radius 3 is 2.41 bits per heavy atom. The van der Waals surface area contributed by atoms with Crippen molar-refractivity contribution in [3.8, 4) is 0 Å². The van der Waals surface area contributed by atoms with Crippen molar-refractivity contribution in [2.45, 2.75) is 53.1 Å². The molecule has 0 spiro atoms. The van der Waals surface area contributed by atoms with Gasteiger partial charge in [0.2, 0.25) is 5.91 Å². The fourth-order valence-electron chi connectivity index (χ4n) is 3.20. The van der Waals surface area contributed by atoms with Gasteiger partial charge in [-0.05, 0) is 32.4 Å². The minimum atomic E-state index is -0.379. The van der Waals surface area contributed by atoms with E-state index in [9.17, 15) is 4.79 Å². The predicted molar refractivity (Wildman–Crippen MR) is 90.8 cm³/mol. The molecule has 1 saturated heterocycles. The summed E-state index contributed by atoms with van der Waals surface area (Å²) < 4.78 is 5.96. The first-order valence-corrected chi connectivity index (χ1v) is 8.90. The highest BCUT2D eigenvalue weighted by atomic mass is 16.5. The molecule has 1 aliphatic rings. The molecule has 130 valence electrons. The number of carbonyl (C=O) groups is 1. The molecular weight excluding hydrogens is 278 g/mol. The number of nitrogens with two attached hydrogens (primary N) is 1. The van der Waals surface area contributed by atoms with Crippen LogP contribution in [-0.4, -0.2) is 67.7 Å². The summed E-state index contributed by atoms with van der Waals surface area (Å²) in [5, 5.41) is 0. The third-order valence-electron chi connectivity index (χ3n) is 5.29. The maximum absolute atomic E-state index is 12.8. The number of hydrogen-bond donors (Lipinski definition) is 1. The number of carbonyl (C=O) groups excluding carboxylic acids is 1. The number of nitrogens with zero attached hydrogens (tertiary/aromatic N) is 2. The first-order valence-electron chi connectivity index (χ1n) is 8.90. The molecule has 1 aliphatic heterocycles. The SMILES string of the molecule is CCN(CC)CCOC1CCN(C(=O)C(CC)(CC)CN)C1. The first kappa shape index (κ1) is 19.4. The smallest absolute Gasteiger partial charge is 0.230 e. The minimum absolute atomic E-state index is 0.184. The minimum Gasteiger partial charge on any atom is -0.375 e. The van der Waals surface area contributed by atoms with Gasteiger partial charge in [0.25, 0.3) is 0 Å². The van der Waals surface area contributed by atoms with Crippen molar-refractivity contribution in [3.63, 3.8) is 0 Å². The Morgan fingerprint density at radius 2 is 1.91 bits per heavy atom. The van der Waals surface area contributed by atoms with E-state index in [1.807, 2.05) is 4.90 Å². The van der Waals surface area contributed by atoms with Gasteiger partial charge in [-0.2, -0.15) is 0 Å². The Hall–Kier alpha value is -0.650. The maximum Gasteiger partial charge on any atom is 0.230 e. The molecule has 0 radical (unpaired) electrons. The van der Waals surface area contributed by atoms with Crippen LogP contribution in [-0.2, 0) is 9.53 Å². The molecule has 0 aromatic carbocycles. The molecule has 22 heavy (non-hydrogen) atoms. The van der Waals surface area contributed by atoms with E-state index >= 15 is 0 Å². The molecule has 1 atom stereocenters. The van der Waals surface area contributed by atoms with E-state index in [0.29, 0.717) is 6.54 Å². The molecule has 0 aromatic heterocycles. The summed E-state index contributed by atoms with van der Waals surface area (Å²) >= 11 is 0. The van der Waals surface area contributed by atoms with Crippen LogP contribution in [0.2, 0.25) is 0 Å². The van der Waals surface area contributed by atoms with Gasteiger partial charge in [0.15, 0.2) is 0 Å². The lowest BCUT2D eigenvalue weighted by molar-refractivity contribution is -0.141. The molecular formula is C17H35N3O2. The summed E-state index contributed by atoms with van der Waals surface area (Å²) in [6.07, 6.45) is 2.74. The molecule has 1 heterocycles. The van der Waals surface area contributed by atoms with E-state index < -0.39 is 0 Å². The third kappa shape index (κ3) is 4.67. The van der Waals surface area contributed by atoms with Crippen molar-refractivity contribution < 1.29 is 9.53 Å². The molecule has 0 saturated carbocycles.